The molecule has 0 aliphatic carbocycles. The van der Waals surface area contributed by atoms with Gasteiger partial charge in [0.25, 0.3) is 0 Å². The molecule has 0 unspecified atom stereocenters. The average Bonchev–Trinajstić information content (AvgIpc) is 2.79. The van der Waals surface area contributed by atoms with Gasteiger partial charge in [-0.1, -0.05) is 36.4 Å². The molecule has 0 saturated heterocycles. The van der Waals surface area contributed by atoms with Crippen molar-refractivity contribution in [3.63, 3.8) is 0 Å². The van der Waals surface area contributed by atoms with Crippen molar-refractivity contribution in [1.29, 1.82) is 0 Å². The van der Waals surface area contributed by atoms with Crippen LogP contribution in [-0.4, -0.2) is 13.7 Å². The third-order valence-corrected chi connectivity index (χ3v) is 4.84. The molecule has 0 saturated carbocycles. The van der Waals surface area contributed by atoms with Crippen molar-refractivity contribution < 1.29 is 9.47 Å². The van der Waals surface area contributed by atoms with Crippen LogP contribution >= 0.6 is 11.8 Å². The molecule has 0 radical (unpaired) electrons. The van der Waals surface area contributed by atoms with Gasteiger partial charge in [0, 0.05) is 5.75 Å². The zero-order chi connectivity index (χ0) is 14.5. The van der Waals surface area contributed by atoms with Crippen LogP contribution in [0.5, 0.6) is 11.5 Å². The SMILES string of the molecule is COc1ccc2c(c1SCc1ccccc1)OCCCC2. The van der Waals surface area contributed by atoms with Crippen molar-refractivity contribution in [3.8, 4) is 11.5 Å². The summed E-state index contributed by atoms with van der Waals surface area (Å²) in [5, 5.41) is 0. The normalized spacial score (nSPS) is 14.0. The van der Waals surface area contributed by atoms with Crippen LogP contribution in [0, 0.1) is 0 Å². The van der Waals surface area contributed by atoms with Gasteiger partial charge in [0.05, 0.1) is 18.6 Å². The number of hydrogen-bond acceptors (Lipinski definition) is 3. The molecular formula is C18H20O2S. The van der Waals surface area contributed by atoms with Gasteiger partial charge in [-0.15, -0.1) is 11.8 Å². The van der Waals surface area contributed by atoms with E-state index in [2.05, 4.69) is 36.4 Å². The van der Waals surface area contributed by atoms with Crippen LogP contribution in [0.25, 0.3) is 0 Å². The predicted molar refractivity (Wildman–Crippen MR) is 87.4 cm³/mol. The third kappa shape index (κ3) is 3.35. The Morgan fingerprint density at radius 3 is 2.76 bits per heavy atom. The number of hydrogen-bond donors (Lipinski definition) is 0. The fraction of sp³-hybridized carbons (Fsp3) is 0.333. The van der Waals surface area contributed by atoms with Crippen LogP contribution in [0.15, 0.2) is 47.4 Å². The van der Waals surface area contributed by atoms with E-state index >= 15 is 0 Å². The minimum Gasteiger partial charge on any atom is -0.495 e. The van der Waals surface area contributed by atoms with Crippen LogP contribution in [0.1, 0.15) is 24.0 Å². The van der Waals surface area contributed by atoms with E-state index in [1.807, 2.05) is 6.07 Å². The molecule has 1 heterocycles. The summed E-state index contributed by atoms with van der Waals surface area (Å²) in [6.45, 7) is 0.805. The highest BCUT2D eigenvalue weighted by atomic mass is 32.2. The molecule has 0 N–H and O–H groups in total. The maximum Gasteiger partial charge on any atom is 0.139 e. The molecule has 21 heavy (non-hydrogen) atoms. The van der Waals surface area contributed by atoms with Gasteiger partial charge in [0.15, 0.2) is 0 Å². The van der Waals surface area contributed by atoms with Crippen molar-refractivity contribution in [2.75, 3.05) is 13.7 Å². The first-order valence-electron chi connectivity index (χ1n) is 7.38. The Morgan fingerprint density at radius 2 is 1.95 bits per heavy atom. The molecule has 3 heteroatoms. The van der Waals surface area contributed by atoms with Crippen LogP contribution in [-0.2, 0) is 12.2 Å². The Morgan fingerprint density at radius 1 is 1.10 bits per heavy atom. The summed E-state index contributed by atoms with van der Waals surface area (Å²) in [5.41, 5.74) is 2.62. The Kier molecular flexibility index (Phi) is 4.71. The lowest BCUT2D eigenvalue weighted by Crippen LogP contribution is -1.99. The van der Waals surface area contributed by atoms with E-state index in [4.69, 9.17) is 9.47 Å². The van der Waals surface area contributed by atoms with Crippen LogP contribution < -0.4 is 9.47 Å². The van der Waals surface area contributed by atoms with Crippen molar-refractivity contribution in [2.45, 2.75) is 29.9 Å². The maximum atomic E-state index is 6.01. The lowest BCUT2D eigenvalue weighted by atomic mass is 10.1. The monoisotopic (exact) mass is 300 g/mol. The Bertz CT molecular complexity index is 596. The molecule has 2 aromatic carbocycles. The second-order valence-electron chi connectivity index (χ2n) is 5.17. The summed E-state index contributed by atoms with van der Waals surface area (Å²) in [4.78, 5) is 1.14. The molecule has 1 aliphatic heterocycles. The number of thioether (sulfide) groups is 1. The quantitative estimate of drug-likeness (QED) is 0.762. The smallest absolute Gasteiger partial charge is 0.139 e. The van der Waals surface area contributed by atoms with E-state index in [0.29, 0.717) is 0 Å². The fourth-order valence-corrected chi connectivity index (χ4v) is 3.68. The minimum absolute atomic E-state index is 0.805. The van der Waals surface area contributed by atoms with Gasteiger partial charge in [-0.2, -0.15) is 0 Å². The van der Waals surface area contributed by atoms with Crippen molar-refractivity contribution in [1.82, 2.24) is 0 Å². The first-order chi connectivity index (χ1) is 10.4. The largest absolute Gasteiger partial charge is 0.495 e. The summed E-state index contributed by atoms with van der Waals surface area (Å²) >= 11 is 1.80. The second-order valence-corrected chi connectivity index (χ2v) is 6.15. The van der Waals surface area contributed by atoms with Crippen LogP contribution in [0.3, 0.4) is 0 Å². The van der Waals surface area contributed by atoms with E-state index in [1.54, 1.807) is 18.9 Å². The van der Waals surface area contributed by atoms with Crippen molar-refractivity contribution in [2.24, 2.45) is 0 Å². The standard InChI is InChI=1S/C18H20O2S/c1-19-16-11-10-15-9-5-6-12-20-17(15)18(16)21-13-14-7-3-2-4-8-14/h2-4,7-8,10-11H,5-6,9,12-13H2,1H3. The van der Waals surface area contributed by atoms with Gasteiger partial charge in [-0.05, 0) is 36.5 Å². The summed E-state index contributed by atoms with van der Waals surface area (Å²) in [5.74, 6) is 2.88. The third-order valence-electron chi connectivity index (χ3n) is 3.69. The van der Waals surface area contributed by atoms with Crippen molar-refractivity contribution >= 4 is 11.8 Å². The van der Waals surface area contributed by atoms with E-state index in [-0.39, 0.29) is 0 Å². The molecule has 3 rings (SSSR count). The summed E-state index contributed by atoms with van der Waals surface area (Å²) in [7, 11) is 1.73. The average molecular weight is 300 g/mol. The molecular weight excluding hydrogens is 280 g/mol. The number of benzene rings is 2. The number of ether oxygens (including phenoxy) is 2. The molecule has 2 aromatic rings. The lowest BCUT2D eigenvalue weighted by Gasteiger charge is -2.16. The summed E-state index contributed by atoms with van der Waals surface area (Å²) < 4.78 is 11.5. The highest BCUT2D eigenvalue weighted by Gasteiger charge is 2.18. The minimum atomic E-state index is 0.805. The highest BCUT2D eigenvalue weighted by molar-refractivity contribution is 7.98. The van der Waals surface area contributed by atoms with Gasteiger partial charge >= 0.3 is 0 Å². The maximum absolute atomic E-state index is 6.01. The number of rotatable bonds is 4. The number of methoxy groups -OCH3 is 1. The zero-order valence-electron chi connectivity index (χ0n) is 12.3. The Labute approximate surface area is 130 Å². The molecule has 0 amide bonds. The lowest BCUT2D eigenvalue weighted by molar-refractivity contribution is 0.305. The van der Waals surface area contributed by atoms with E-state index in [0.717, 1.165) is 41.6 Å². The Balaban J connectivity index is 1.88. The zero-order valence-corrected chi connectivity index (χ0v) is 13.1. The van der Waals surface area contributed by atoms with E-state index in [1.165, 1.54) is 17.5 Å². The van der Waals surface area contributed by atoms with Gasteiger partial charge in [-0.25, -0.2) is 0 Å². The van der Waals surface area contributed by atoms with E-state index in [9.17, 15) is 0 Å². The fourth-order valence-electron chi connectivity index (χ4n) is 2.56. The summed E-state index contributed by atoms with van der Waals surface area (Å²) in [6.07, 6.45) is 3.42. The topological polar surface area (TPSA) is 18.5 Å². The number of aryl methyl sites for hydroxylation is 1. The predicted octanol–water partition coefficient (Wildman–Crippen LogP) is 4.70. The first-order valence-corrected chi connectivity index (χ1v) is 8.36. The molecule has 0 spiro atoms. The molecule has 0 fully saturated rings. The van der Waals surface area contributed by atoms with Crippen LogP contribution in [0.2, 0.25) is 0 Å². The van der Waals surface area contributed by atoms with Crippen molar-refractivity contribution in [3.05, 3.63) is 53.6 Å². The van der Waals surface area contributed by atoms with Gasteiger partial charge in [0.1, 0.15) is 11.5 Å². The first kappa shape index (κ1) is 14.3. The highest BCUT2D eigenvalue weighted by Crippen LogP contribution is 2.43. The van der Waals surface area contributed by atoms with E-state index < -0.39 is 0 Å². The molecule has 0 bridgehead atoms. The molecule has 0 atom stereocenters. The van der Waals surface area contributed by atoms with Crippen LogP contribution in [0.4, 0.5) is 0 Å². The Hall–Kier alpha value is -1.61. The second kappa shape index (κ2) is 6.90. The van der Waals surface area contributed by atoms with Gasteiger partial charge in [-0.3, -0.25) is 0 Å². The molecule has 2 nitrogen and oxygen atoms in total. The van der Waals surface area contributed by atoms with Gasteiger partial charge < -0.3 is 9.47 Å². The number of fused-ring (bicyclic) bond motifs is 1. The molecule has 0 aromatic heterocycles. The summed E-state index contributed by atoms with van der Waals surface area (Å²) in [6, 6.07) is 14.7. The molecule has 1 aliphatic rings. The molecule has 110 valence electrons. The van der Waals surface area contributed by atoms with Gasteiger partial charge in [0.2, 0.25) is 0 Å².